The average molecular weight is 494 g/mol. The lowest BCUT2D eigenvalue weighted by Gasteiger charge is -2.28. The molecule has 0 spiro atoms. The average Bonchev–Trinajstić information content (AvgIpc) is 2.89. The van der Waals surface area contributed by atoms with E-state index < -0.39 is 0 Å². The fraction of sp³-hybridized carbons (Fsp3) is 0.407. The summed E-state index contributed by atoms with van der Waals surface area (Å²) in [5.74, 6) is 0.151. The van der Waals surface area contributed by atoms with Gasteiger partial charge < -0.3 is 10.1 Å². The molecule has 0 bridgehead atoms. The Bertz CT molecular complexity index is 1220. The molecule has 1 aliphatic carbocycles. The van der Waals surface area contributed by atoms with Crippen molar-refractivity contribution in [2.45, 2.75) is 50.9 Å². The lowest BCUT2D eigenvalue weighted by Crippen LogP contribution is -2.34. The third-order valence-electron chi connectivity index (χ3n) is 6.42. The molecule has 1 heterocycles. The predicted octanol–water partition coefficient (Wildman–Crippen LogP) is 4.17. The number of rotatable bonds is 9. The second-order valence-corrected chi connectivity index (χ2v) is 9.78. The van der Waals surface area contributed by atoms with Gasteiger partial charge in [0.25, 0.3) is 5.56 Å². The van der Waals surface area contributed by atoms with E-state index in [0.29, 0.717) is 35.8 Å². The van der Waals surface area contributed by atoms with E-state index in [-0.39, 0.29) is 35.0 Å². The van der Waals surface area contributed by atoms with Gasteiger partial charge in [-0.3, -0.25) is 19.0 Å². The number of hydrogen-bond acceptors (Lipinski definition) is 6. The summed E-state index contributed by atoms with van der Waals surface area (Å²) in [5, 5.41) is 4.16. The van der Waals surface area contributed by atoms with E-state index in [9.17, 15) is 14.4 Å². The maximum absolute atomic E-state index is 13.3. The maximum Gasteiger partial charge on any atom is 0.316 e. The Hall–Kier alpha value is -3.13. The van der Waals surface area contributed by atoms with Crippen molar-refractivity contribution in [3.05, 3.63) is 70.5 Å². The molecule has 4 rings (SSSR count). The number of thioether (sulfide) groups is 1. The molecule has 184 valence electrons. The summed E-state index contributed by atoms with van der Waals surface area (Å²) in [5.41, 5.74) is 1.62. The summed E-state index contributed by atoms with van der Waals surface area (Å²) in [6, 6.07) is 17.2. The van der Waals surface area contributed by atoms with Gasteiger partial charge in [-0.15, -0.1) is 0 Å². The van der Waals surface area contributed by atoms with Gasteiger partial charge in [0, 0.05) is 19.0 Å². The number of para-hydroxylation sites is 1. The van der Waals surface area contributed by atoms with E-state index in [1.54, 1.807) is 17.6 Å². The molecule has 8 heteroatoms. The third-order valence-corrected chi connectivity index (χ3v) is 7.37. The minimum Gasteiger partial charge on any atom is -0.465 e. The number of amides is 1. The number of esters is 1. The fourth-order valence-corrected chi connectivity index (χ4v) is 5.35. The van der Waals surface area contributed by atoms with Gasteiger partial charge in [-0.1, -0.05) is 54.2 Å². The molecule has 0 aliphatic heterocycles. The van der Waals surface area contributed by atoms with Gasteiger partial charge in [-0.25, -0.2) is 4.98 Å². The zero-order valence-electron chi connectivity index (χ0n) is 19.9. The molecule has 1 aliphatic rings. The largest absolute Gasteiger partial charge is 0.465 e. The second-order valence-electron chi connectivity index (χ2n) is 8.84. The van der Waals surface area contributed by atoms with Crippen molar-refractivity contribution in [3.8, 4) is 0 Å². The quantitative estimate of drug-likeness (QED) is 0.273. The molecule has 1 aromatic heterocycles. The second kappa shape index (κ2) is 12.0. The van der Waals surface area contributed by atoms with E-state index in [0.717, 1.165) is 31.2 Å². The molecule has 1 fully saturated rings. The van der Waals surface area contributed by atoms with Crippen LogP contribution < -0.4 is 10.9 Å². The molecule has 35 heavy (non-hydrogen) atoms. The topological polar surface area (TPSA) is 90.3 Å². The van der Waals surface area contributed by atoms with Crippen LogP contribution in [0.2, 0.25) is 0 Å². The van der Waals surface area contributed by atoms with Crippen LogP contribution in [0.25, 0.3) is 10.9 Å². The van der Waals surface area contributed by atoms with Crippen LogP contribution in [-0.4, -0.2) is 33.8 Å². The maximum atomic E-state index is 13.3. The number of carbonyl (C=O) groups is 2. The van der Waals surface area contributed by atoms with Crippen molar-refractivity contribution < 1.29 is 14.3 Å². The van der Waals surface area contributed by atoms with Crippen molar-refractivity contribution in [1.82, 2.24) is 14.9 Å². The van der Waals surface area contributed by atoms with E-state index in [1.165, 1.54) is 11.8 Å². The predicted molar refractivity (Wildman–Crippen MR) is 137 cm³/mol. The summed E-state index contributed by atoms with van der Waals surface area (Å²) >= 11 is 1.24. The number of ether oxygens (including phenoxy) is 1. The van der Waals surface area contributed by atoms with Crippen LogP contribution in [0.4, 0.5) is 0 Å². The Kier molecular flexibility index (Phi) is 8.58. The number of nitrogens with one attached hydrogen (secondary N) is 1. The first kappa shape index (κ1) is 25.0. The van der Waals surface area contributed by atoms with Crippen molar-refractivity contribution in [1.29, 1.82) is 0 Å². The minimum absolute atomic E-state index is 0.000859. The van der Waals surface area contributed by atoms with E-state index in [2.05, 4.69) is 10.3 Å². The fourth-order valence-electron chi connectivity index (χ4n) is 4.54. The Morgan fingerprint density at radius 2 is 1.77 bits per heavy atom. The number of carbonyl (C=O) groups excluding carboxylic acids is 2. The van der Waals surface area contributed by atoms with Crippen LogP contribution in [0.5, 0.6) is 0 Å². The highest BCUT2D eigenvalue weighted by molar-refractivity contribution is 7.99. The third kappa shape index (κ3) is 6.51. The van der Waals surface area contributed by atoms with Crippen LogP contribution >= 0.6 is 11.8 Å². The van der Waals surface area contributed by atoms with Gasteiger partial charge >= 0.3 is 5.97 Å². The number of fused-ring (bicyclic) bond motifs is 1. The van der Waals surface area contributed by atoms with Crippen LogP contribution in [0.1, 0.15) is 38.2 Å². The molecule has 0 radical (unpaired) electrons. The van der Waals surface area contributed by atoms with Crippen molar-refractivity contribution in [3.63, 3.8) is 0 Å². The van der Waals surface area contributed by atoms with Crippen molar-refractivity contribution in [2.24, 2.45) is 11.8 Å². The summed E-state index contributed by atoms with van der Waals surface area (Å²) in [6.45, 7) is 3.16. The number of hydrogen-bond donors (Lipinski definition) is 1. The Morgan fingerprint density at radius 1 is 1.06 bits per heavy atom. The Labute approximate surface area is 209 Å². The molecule has 7 nitrogen and oxygen atoms in total. The lowest BCUT2D eigenvalue weighted by molar-refractivity contribution is -0.139. The Balaban J connectivity index is 1.41. The van der Waals surface area contributed by atoms with Gasteiger partial charge in [0.15, 0.2) is 5.16 Å². The highest BCUT2D eigenvalue weighted by atomic mass is 32.2. The molecule has 2 aromatic carbocycles. The normalized spacial score (nSPS) is 17.7. The first-order valence-electron chi connectivity index (χ1n) is 12.1. The van der Waals surface area contributed by atoms with Gasteiger partial charge in [-0.2, -0.15) is 0 Å². The standard InChI is InChI=1S/C27H31N3O4S/c1-2-34-24(31)18-35-27-29-23-11-7-6-10-22(23)26(33)30(27)17-20-12-14-21(15-13-20)25(32)28-16-19-8-4-3-5-9-19/h3-11,20-21H,2,12-18H2,1H3,(H,28,32). The molecule has 3 aromatic rings. The van der Waals surface area contributed by atoms with Crippen molar-refractivity contribution in [2.75, 3.05) is 12.4 Å². The molecule has 0 atom stereocenters. The molecule has 1 saturated carbocycles. The highest BCUT2D eigenvalue weighted by Gasteiger charge is 2.27. The molecule has 1 amide bonds. The monoisotopic (exact) mass is 493 g/mol. The summed E-state index contributed by atoms with van der Waals surface area (Å²) in [7, 11) is 0. The summed E-state index contributed by atoms with van der Waals surface area (Å²) < 4.78 is 6.74. The van der Waals surface area contributed by atoms with E-state index in [1.807, 2.05) is 48.5 Å². The Morgan fingerprint density at radius 3 is 2.51 bits per heavy atom. The van der Waals surface area contributed by atoms with Crippen molar-refractivity contribution >= 4 is 34.5 Å². The zero-order valence-corrected chi connectivity index (χ0v) is 20.8. The highest BCUT2D eigenvalue weighted by Crippen LogP contribution is 2.31. The summed E-state index contributed by atoms with van der Waals surface area (Å²) in [4.78, 5) is 42.6. The summed E-state index contributed by atoms with van der Waals surface area (Å²) in [6.07, 6.45) is 3.33. The van der Waals surface area contributed by atoms with Gasteiger partial charge in [0.1, 0.15) is 0 Å². The lowest BCUT2D eigenvalue weighted by atomic mass is 9.81. The SMILES string of the molecule is CCOC(=O)CSc1nc2ccccc2c(=O)n1CC1CCC(C(=O)NCc2ccccc2)CC1. The molecule has 1 N–H and O–H groups in total. The van der Waals surface area contributed by atoms with Gasteiger partial charge in [0.05, 0.1) is 23.3 Å². The minimum atomic E-state index is -0.325. The smallest absolute Gasteiger partial charge is 0.316 e. The molecule has 0 saturated heterocycles. The van der Waals surface area contributed by atoms with Crippen LogP contribution in [-0.2, 0) is 27.4 Å². The number of nitrogens with zero attached hydrogens (tertiary/aromatic N) is 2. The number of benzene rings is 2. The van der Waals surface area contributed by atoms with Crippen LogP contribution in [0, 0.1) is 11.8 Å². The molecule has 0 unspecified atom stereocenters. The first-order valence-corrected chi connectivity index (χ1v) is 13.1. The van der Waals surface area contributed by atoms with Crippen LogP contribution in [0.15, 0.2) is 64.5 Å². The van der Waals surface area contributed by atoms with Crippen LogP contribution in [0.3, 0.4) is 0 Å². The van der Waals surface area contributed by atoms with E-state index >= 15 is 0 Å². The molecular formula is C27H31N3O4S. The number of aromatic nitrogens is 2. The van der Waals surface area contributed by atoms with Gasteiger partial charge in [0.2, 0.25) is 5.91 Å². The first-order chi connectivity index (χ1) is 17.0. The zero-order chi connectivity index (χ0) is 24.6. The van der Waals surface area contributed by atoms with Gasteiger partial charge in [-0.05, 0) is 56.2 Å². The molecular weight excluding hydrogens is 462 g/mol. The van der Waals surface area contributed by atoms with E-state index in [4.69, 9.17) is 4.74 Å².